The van der Waals surface area contributed by atoms with E-state index in [0.29, 0.717) is 24.2 Å². The minimum atomic E-state index is 0.344. The Morgan fingerprint density at radius 2 is 1.94 bits per heavy atom. The van der Waals surface area contributed by atoms with Gasteiger partial charge in [-0.15, -0.1) is 0 Å². The van der Waals surface area contributed by atoms with Gasteiger partial charge < -0.3 is 9.84 Å². The fourth-order valence-corrected chi connectivity index (χ4v) is 1.11. The maximum Gasteiger partial charge on any atom is 0.214 e. The van der Waals surface area contributed by atoms with Crippen LogP contribution in [0.3, 0.4) is 0 Å². The molecule has 0 saturated heterocycles. The zero-order valence-electron chi connectivity index (χ0n) is 10.7. The number of pyridine rings is 1. The van der Waals surface area contributed by atoms with Gasteiger partial charge in [0.1, 0.15) is 5.15 Å². The molecule has 0 saturated carbocycles. The van der Waals surface area contributed by atoms with Crippen molar-refractivity contribution in [1.29, 1.82) is 0 Å². The summed E-state index contributed by atoms with van der Waals surface area (Å²) in [4.78, 5) is 3.99. The Kier molecular flexibility index (Phi) is 11.1. The van der Waals surface area contributed by atoms with Crippen LogP contribution < -0.4 is 4.74 Å². The zero-order valence-corrected chi connectivity index (χ0v) is 11.4. The van der Waals surface area contributed by atoms with E-state index in [1.165, 1.54) is 0 Å². The van der Waals surface area contributed by atoms with E-state index in [1.807, 2.05) is 12.1 Å². The predicted octanol–water partition coefficient (Wildman–Crippen LogP) is 3.69. The van der Waals surface area contributed by atoms with Crippen LogP contribution in [0.2, 0.25) is 5.15 Å². The normalized spacial score (nSPS) is 9.41. The number of ether oxygens (including phenoxy) is 1. The van der Waals surface area contributed by atoms with Gasteiger partial charge in [-0.3, -0.25) is 0 Å². The summed E-state index contributed by atoms with van der Waals surface area (Å²) in [6.07, 6.45) is 4.21. The molecule has 0 amide bonds. The average molecular weight is 260 g/mol. The Bertz CT molecular complexity index is 280. The van der Waals surface area contributed by atoms with Gasteiger partial charge in [0.25, 0.3) is 0 Å². The molecule has 17 heavy (non-hydrogen) atoms. The molecule has 1 rings (SSSR count). The fourth-order valence-electron chi connectivity index (χ4n) is 0.949. The van der Waals surface area contributed by atoms with Crippen molar-refractivity contribution in [3.63, 3.8) is 0 Å². The lowest BCUT2D eigenvalue weighted by atomic mass is 10.4. The maximum absolute atomic E-state index is 8.07. The smallest absolute Gasteiger partial charge is 0.214 e. The van der Waals surface area contributed by atoms with Crippen molar-refractivity contribution >= 4 is 11.6 Å². The van der Waals surface area contributed by atoms with Gasteiger partial charge in [-0.25, -0.2) is 4.98 Å². The minimum absolute atomic E-state index is 0.344. The second kappa shape index (κ2) is 11.7. The highest BCUT2D eigenvalue weighted by Crippen LogP contribution is 2.11. The third kappa shape index (κ3) is 10.1. The van der Waals surface area contributed by atoms with Crippen molar-refractivity contribution in [2.24, 2.45) is 0 Å². The van der Waals surface area contributed by atoms with Gasteiger partial charge in [0, 0.05) is 12.7 Å². The lowest BCUT2D eigenvalue weighted by Crippen LogP contribution is -1.97. The Labute approximate surface area is 109 Å². The fraction of sp³-hybridized carbons (Fsp3) is 0.615. The van der Waals surface area contributed by atoms with Crippen LogP contribution in [-0.4, -0.2) is 23.3 Å². The molecule has 3 nitrogen and oxygen atoms in total. The molecule has 0 atom stereocenters. The average Bonchev–Trinajstić information content (AvgIpc) is 2.31. The number of unbranched alkanes of at least 4 members (excludes halogenated alkanes) is 2. The summed E-state index contributed by atoms with van der Waals surface area (Å²) in [6, 6.07) is 5.37. The second-order valence-corrected chi connectivity index (χ2v) is 3.96. The molecule has 98 valence electrons. The molecule has 0 aliphatic rings. The number of rotatable bonds is 6. The second-order valence-electron chi connectivity index (χ2n) is 3.58. The third-order valence-corrected chi connectivity index (χ3v) is 2.16. The van der Waals surface area contributed by atoms with Crippen LogP contribution in [0.4, 0.5) is 0 Å². The van der Waals surface area contributed by atoms with Gasteiger partial charge in [0.15, 0.2) is 0 Å². The summed E-state index contributed by atoms with van der Waals surface area (Å²) in [5.74, 6) is 0.607. The first-order chi connectivity index (χ1) is 8.24. The van der Waals surface area contributed by atoms with Gasteiger partial charge in [-0.1, -0.05) is 44.4 Å². The van der Waals surface area contributed by atoms with Crippen LogP contribution in [-0.2, 0) is 0 Å². The number of hydrogen-bond acceptors (Lipinski definition) is 3. The molecule has 4 heteroatoms. The van der Waals surface area contributed by atoms with Crippen LogP contribution in [0.15, 0.2) is 18.2 Å². The van der Waals surface area contributed by atoms with Crippen LogP contribution in [0.25, 0.3) is 0 Å². The number of halogens is 1. The first-order valence-electron chi connectivity index (χ1n) is 6.10. The molecular weight excluding hydrogens is 238 g/mol. The highest BCUT2D eigenvalue weighted by Gasteiger charge is 1.94. The topological polar surface area (TPSA) is 42.4 Å². The summed E-state index contributed by atoms with van der Waals surface area (Å²) < 4.78 is 5.33. The molecule has 0 aliphatic heterocycles. The van der Waals surface area contributed by atoms with Crippen LogP contribution in [0, 0.1) is 0 Å². The number of aliphatic hydroxyl groups is 1. The van der Waals surface area contributed by atoms with Crippen molar-refractivity contribution in [2.75, 3.05) is 13.2 Å². The highest BCUT2D eigenvalue weighted by atomic mass is 35.5. The Morgan fingerprint density at radius 3 is 2.41 bits per heavy atom. The van der Waals surface area contributed by atoms with Crippen molar-refractivity contribution in [1.82, 2.24) is 4.98 Å². The molecule has 0 aliphatic carbocycles. The maximum atomic E-state index is 8.07. The molecule has 0 bridgehead atoms. The Balaban J connectivity index is 0.000000437. The molecule has 0 spiro atoms. The SMILES string of the molecule is CCCCO.CCCCOc1cccc(Cl)n1. The first-order valence-corrected chi connectivity index (χ1v) is 6.48. The third-order valence-electron chi connectivity index (χ3n) is 1.95. The van der Waals surface area contributed by atoms with E-state index in [4.69, 9.17) is 21.4 Å². The Hall–Kier alpha value is -0.800. The largest absolute Gasteiger partial charge is 0.478 e. The highest BCUT2D eigenvalue weighted by molar-refractivity contribution is 6.29. The van der Waals surface area contributed by atoms with Gasteiger partial charge in [-0.2, -0.15) is 0 Å². The van der Waals surface area contributed by atoms with E-state index in [2.05, 4.69) is 18.8 Å². The molecular formula is C13H22ClNO2. The van der Waals surface area contributed by atoms with E-state index in [1.54, 1.807) is 6.07 Å². The molecule has 1 heterocycles. The predicted molar refractivity (Wildman–Crippen MR) is 71.6 cm³/mol. The number of nitrogens with zero attached hydrogens (tertiary/aromatic N) is 1. The molecule has 0 unspecified atom stereocenters. The van der Waals surface area contributed by atoms with Crippen molar-refractivity contribution in [3.8, 4) is 5.88 Å². The monoisotopic (exact) mass is 259 g/mol. The molecule has 1 aromatic rings. The number of aliphatic hydroxyl groups excluding tert-OH is 1. The van der Waals surface area contributed by atoms with Crippen molar-refractivity contribution < 1.29 is 9.84 Å². The molecule has 0 radical (unpaired) electrons. The first kappa shape index (κ1) is 16.2. The summed E-state index contributed by atoms with van der Waals surface area (Å²) >= 11 is 5.67. The summed E-state index contributed by atoms with van der Waals surface area (Å²) in [7, 11) is 0. The lowest BCUT2D eigenvalue weighted by molar-refractivity contribution is 0.287. The summed E-state index contributed by atoms with van der Waals surface area (Å²) in [5, 5.41) is 8.54. The standard InChI is InChI=1S/C9H12ClNO.C4H10O/c1-2-3-7-12-9-6-4-5-8(10)11-9;1-2-3-4-5/h4-6H,2-3,7H2,1H3;5H,2-4H2,1H3. The minimum Gasteiger partial charge on any atom is -0.478 e. The van der Waals surface area contributed by atoms with E-state index >= 15 is 0 Å². The van der Waals surface area contributed by atoms with Gasteiger partial charge in [0.2, 0.25) is 5.88 Å². The van der Waals surface area contributed by atoms with E-state index in [0.717, 1.165) is 25.7 Å². The lowest BCUT2D eigenvalue weighted by Gasteiger charge is -2.02. The van der Waals surface area contributed by atoms with Gasteiger partial charge in [-0.05, 0) is 18.9 Å². The molecule has 1 aromatic heterocycles. The van der Waals surface area contributed by atoms with Crippen LogP contribution in [0.1, 0.15) is 39.5 Å². The number of hydrogen-bond donors (Lipinski definition) is 1. The van der Waals surface area contributed by atoms with Gasteiger partial charge in [0.05, 0.1) is 6.61 Å². The molecule has 0 aromatic carbocycles. The van der Waals surface area contributed by atoms with Crippen molar-refractivity contribution in [2.45, 2.75) is 39.5 Å². The number of aromatic nitrogens is 1. The van der Waals surface area contributed by atoms with Crippen LogP contribution in [0.5, 0.6) is 5.88 Å². The summed E-state index contributed by atoms with van der Waals surface area (Å²) in [6.45, 7) is 5.23. The van der Waals surface area contributed by atoms with Crippen molar-refractivity contribution in [3.05, 3.63) is 23.4 Å². The summed E-state index contributed by atoms with van der Waals surface area (Å²) in [5.41, 5.74) is 0. The van der Waals surface area contributed by atoms with E-state index < -0.39 is 0 Å². The quantitative estimate of drug-likeness (QED) is 0.626. The molecule has 0 fully saturated rings. The van der Waals surface area contributed by atoms with Crippen LogP contribution >= 0.6 is 11.6 Å². The van der Waals surface area contributed by atoms with E-state index in [9.17, 15) is 0 Å². The Morgan fingerprint density at radius 1 is 1.24 bits per heavy atom. The van der Waals surface area contributed by atoms with Gasteiger partial charge >= 0.3 is 0 Å². The zero-order chi connectivity index (χ0) is 12.9. The van der Waals surface area contributed by atoms with E-state index in [-0.39, 0.29) is 0 Å². The molecule has 1 N–H and O–H groups in total.